The number of aromatic nitrogens is 3. The minimum atomic E-state index is -1.00. The summed E-state index contributed by atoms with van der Waals surface area (Å²) in [6.45, 7) is 5.56. The zero-order valence-electron chi connectivity index (χ0n) is 22.8. The second kappa shape index (κ2) is 12.3. The van der Waals surface area contributed by atoms with Crippen molar-refractivity contribution in [2.24, 2.45) is 23.0 Å². The summed E-state index contributed by atoms with van der Waals surface area (Å²) in [6.07, 6.45) is 3.19. The van der Waals surface area contributed by atoms with Crippen LogP contribution in [0.3, 0.4) is 0 Å². The smallest absolute Gasteiger partial charge is 0.463 e. The Morgan fingerprint density at radius 1 is 1.23 bits per heavy atom. The fraction of sp³-hybridized carbons (Fsp3) is 0.538. The van der Waals surface area contributed by atoms with Crippen LogP contribution in [-0.2, 0) is 32.7 Å². The van der Waals surface area contributed by atoms with Crippen LogP contribution in [0.15, 0.2) is 34.3 Å². The van der Waals surface area contributed by atoms with Crippen molar-refractivity contribution in [2.75, 3.05) is 6.54 Å². The maximum absolute atomic E-state index is 12.4. The summed E-state index contributed by atoms with van der Waals surface area (Å²) in [5, 5.41) is 19.0. The van der Waals surface area contributed by atoms with Gasteiger partial charge in [0.1, 0.15) is 29.5 Å². The normalized spacial score (nSPS) is 22.5. The van der Waals surface area contributed by atoms with E-state index in [9.17, 15) is 19.7 Å². The number of hydrogen-bond acceptors (Lipinski definition) is 12. The average Bonchev–Trinajstić information content (AvgIpc) is 3.27. The van der Waals surface area contributed by atoms with Crippen LogP contribution in [0.1, 0.15) is 57.8 Å². The first kappa shape index (κ1) is 28.8. The van der Waals surface area contributed by atoms with Crippen molar-refractivity contribution in [1.29, 1.82) is 0 Å². The fourth-order valence-electron chi connectivity index (χ4n) is 4.58. The molecule has 0 spiro atoms. The molecule has 1 aromatic heterocycles. The number of carbonyl (C=O) groups is 2. The third-order valence-corrected chi connectivity index (χ3v) is 6.45. The van der Waals surface area contributed by atoms with Crippen molar-refractivity contribution in [3.05, 3.63) is 45.8 Å². The molecule has 2 aliphatic rings. The first-order valence-corrected chi connectivity index (χ1v) is 13.0. The van der Waals surface area contributed by atoms with Crippen LogP contribution in [0.4, 0.5) is 10.5 Å². The molecule has 3 atom stereocenters. The number of nitro groups is 1. The number of rotatable bonds is 9. The minimum absolute atomic E-state index is 0.0954. The number of carbonyl (C=O) groups excluding carboxylic acids is 2. The molecule has 0 saturated heterocycles. The zero-order valence-corrected chi connectivity index (χ0v) is 22.8. The van der Waals surface area contributed by atoms with Crippen LogP contribution in [0.25, 0.3) is 0 Å². The van der Waals surface area contributed by atoms with E-state index < -0.39 is 16.8 Å². The Kier molecular flexibility index (Phi) is 8.87. The summed E-state index contributed by atoms with van der Waals surface area (Å²) in [4.78, 5) is 44.1. The van der Waals surface area contributed by atoms with E-state index >= 15 is 0 Å². The lowest BCUT2D eigenvalue weighted by molar-refractivity contribution is -0.384. The predicted octanol–water partition coefficient (Wildman–Crippen LogP) is 3.56. The molecule has 1 aromatic carbocycles. The van der Waals surface area contributed by atoms with Crippen molar-refractivity contribution in [3.8, 4) is 5.75 Å². The number of nitrogens with zero attached hydrogens (tertiary/aromatic N) is 6. The fourth-order valence-corrected chi connectivity index (χ4v) is 4.58. The first-order valence-electron chi connectivity index (χ1n) is 13.0. The van der Waals surface area contributed by atoms with Crippen molar-refractivity contribution in [2.45, 2.75) is 71.0 Å². The molecule has 1 saturated carbocycles. The molecule has 214 valence electrons. The van der Waals surface area contributed by atoms with Gasteiger partial charge in [0.05, 0.1) is 29.6 Å². The van der Waals surface area contributed by atoms with Gasteiger partial charge in [-0.2, -0.15) is 0 Å². The molecule has 1 unspecified atom stereocenters. The van der Waals surface area contributed by atoms with Crippen LogP contribution in [0, 0.1) is 16.0 Å². The van der Waals surface area contributed by atoms with E-state index in [2.05, 4.69) is 15.3 Å². The van der Waals surface area contributed by atoms with Crippen molar-refractivity contribution in [3.63, 3.8) is 0 Å². The highest BCUT2D eigenvalue weighted by Crippen LogP contribution is 2.32. The van der Waals surface area contributed by atoms with Crippen molar-refractivity contribution < 1.29 is 33.5 Å². The lowest BCUT2D eigenvalue weighted by Gasteiger charge is -2.35. The van der Waals surface area contributed by atoms with Crippen LogP contribution >= 0.6 is 0 Å². The van der Waals surface area contributed by atoms with Crippen LogP contribution in [-0.4, -0.2) is 68.4 Å². The number of esters is 1. The van der Waals surface area contributed by atoms with Crippen molar-refractivity contribution in [1.82, 2.24) is 15.0 Å². The lowest BCUT2D eigenvalue weighted by atomic mass is 9.87. The van der Waals surface area contributed by atoms with Crippen LogP contribution < -0.4 is 4.74 Å². The summed E-state index contributed by atoms with van der Waals surface area (Å²) >= 11 is 0. The van der Waals surface area contributed by atoms with Crippen LogP contribution in [0.5, 0.6) is 5.75 Å². The van der Waals surface area contributed by atoms with E-state index in [0.717, 1.165) is 19.3 Å². The van der Waals surface area contributed by atoms with Gasteiger partial charge < -0.3 is 18.9 Å². The highest BCUT2D eigenvalue weighted by molar-refractivity contribution is 6.38. The largest absolute Gasteiger partial charge is 0.514 e. The van der Waals surface area contributed by atoms with Crippen molar-refractivity contribution >= 4 is 29.7 Å². The molecule has 14 nitrogen and oxygen atoms in total. The molecular weight excluding hydrogens is 524 g/mol. The van der Waals surface area contributed by atoms with Crippen LogP contribution in [0.2, 0.25) is 0 Å². The number of aliphatic imine (C=N–C) groups is 2. The standard InChI is InChI=1S/C26H32N6O8/c1-16(2)38-24(33)17-6-5-7-20(12-17)40-26(3)15-27-13-21(28-26)23-22(31(4)30-29-23)14-37-25(34)39-19-10-8-18(9-11-19)32(35)36/h8-11,13,16-17,20H,5-7,12,14-15H2,1-4H3/t17-,20-,26?/m0/s1. The Hall–Kier alpha value is -4.20. The Labute approximate surface area is 230 Å². The second-order valence-electron chi connectivity index (χ2n) is 10.1. The second-order valence-corrected chi connectivity index (χ2v) is 10.1. The van der Waals surface area contributed by atoms with E-state index in [4.69, 9.17) is 23.9 Å². The first-order chi connectivity index (χ1) is 19.0. The predicted molar refractivity (Wildman–Crippen MR) is 141 cm³/mol. The van der Waals surface area contributed by atoms with Gasteiger partial charge in [-0.25, -0.2) is 14.5 Å². The number of non-ortho nitro benzene ring substituents is 1. The molecule has 40 heavy (non-hydrogen) atoms. The third kappa shape index (κ3) is 7.25. The quantitative estimate of drug-likeness (QED) is 0.193. The summed E-state index contributed by atoms with van der Waals surface area (Å²) in [6, 6.07) is 5.03. The summed E-state index contributed by atoms with van der Waals surface area (Å²) < 4.78 is 23.6. The number of hydrogen-bond donors (Lipinski definition) is 0. The molecule has 1 aliphatic heterocycles. The summed E-state index contributed by atoms with van der Waals surface area (Å²) in [5.74, 6) is -0.316. The van der Waals surface area contributed by atoms with Gasteiger partial charge in [0.15, 0.2) is 5.72 Å². The van der Waals surface area contributed by atoms with Gasteiger partial charge >= 0.3 is 12.1 Å². The Balaban J connectivity index is 1.40. The van der Waals surface area contributed by atoms with Gasteiger partial charge in [-0.05, 0) is 52.2 Å². The highest BCUT2D eigenvalue weighted by Gasteiger charge is 2.36. The molecule has 2 heterocycles. The Bertz CT molecular complexity index is 1300. The van der Waals surface area contributed by atoms with Gasteiger partial charge in [0.25, 0.3) is 5.69 Å². The van der Waals surface area contributed by atoms with Gasteiger partial charge in [0, 0.05) is 25.4 Å². The molecule has 0 bridgehead atoms. The van der Waals surface area contributed by atoms with Gasteiger partial charge in [0.2, 0.25) is 0 Å². The molecule has 0 radical (unpaired) electrons. The minimum Gasteiger partial charge on any atom is -0.463 e. The molecule has 4 rings (SSSR count). The van der Waals surface area contributed by atoms with Gasteiger partial charge in [-0.15, -0.1) is 5.10 Å². The SMILES string of the molecule is CC(C)OC(=O)[C@H]1CCC[C@H](OC2(C)CN=CC(c3nnn(C)c3COC(=O)Oc3ccc([N+](=O)[O-])cc3)=N2)C1. The molecule has 0 amide bonds. The molecule has 14 heteroatoms. The average molecular weight is 557 g/mol. The molecule has 0 N–H and O–H groups in total. The summed E-state index contributed by atoms with van der Waals surface area (Å²) in [7, 11) is 1.64. The number of ether oxygens (including phenoxy) is 4. The summed E-state index contributed by atoms with van der Waals surface area (Å²) in [5.41, 5.74) is 0.114. The zero-order chi connectivity index (χ0) is 28.9. The number of aryl methyl sites for hydroxylation is 1. The molecular formula is C26H32N6O8. The van der Waals surface area contributed by atoms with E-state index in [1.807, 2.05) is 20.8 Å². The highest BCUT2D eigenvalue weighted by atomic mass is 16.7. The van der Waals surface area contributed by atoms with E-state index in [1.165, 1.54) is 28.9 Å². The third-order valence-electron chi connectivity index (χ3n) is 6.45. The monoisotopic (exact) mass is 556 g/mol. The molecule has 1 fully saturated rings. The molecule has 1 aliphatic carbocycles. The van der Waals surface area contributed by atoms with E-state index in [1.54, 1.807) is 13.3 Å². The number of benzene rings is 1. The maximum atomic E-state index is 12.4. The Morgan fingerprint density at radius 2 is 1.98 bits per heavy atom. The Morgan fingerprint density at radius 3 is 2.67 bits per heavy atom. The van der Waals surface area contributed by atoms with Gasteiger partial charge in [-0.3, -0.25) is 19.9 Å². The van der Waals surface area contributed by atoms with E-state index in [-0.39, 0.29) is 42.1 Å². The maximum Gasteiger partial charge on any atom is 0.514 e. The lowest BCUT2D eigenvalue weighted by Crippen LogP contribution is -2.41. The molecule has 2 aromatic rings. The number of nitro benzene ring substituents is 1. The topological polar surface area (TPSA) is 170 Å². The van der Waals surface area contributed by atoms with E-state index in [0.29, 0.717) is 30.1 Å². The van der Waals surface area contributed by atoms with Gasteiger partial charge in [-0.1, -0.05) is 11.6 Å².